The maximum Gasteiger partial charge on any atom is 0.138 e. The van der Waals surface area contributed by atoms with E-state index in [1.165, 1.54) is 24.0 Å². The molecule has 1 saturated heterocycles. The number of hydrogen-bond donors (Lipinski definition) is 3. The Balaban J connectivity index is 1.35. The van der Waals surface area contributed by atoms with Crippen LogP contribution >= 0.6 is 0 Å². The number of nitrogens with two attached hydrogens (primary N) is 1. The summed E-state index contributed by atoms with van der Waals surface area (Å²) in [6.07, 6.45) is 10.5. The Morgan fingerprint density at radius 3 is 2.74 bits per heavy atom. The van der Waals surface area contributed by atoms with Crippen LogP contribution in [0.15, 0.2) is 66.0 Å². The molecule has 35 heavy (non-hydrogen) atoms. The highest BCUT2D eigenvalue weighted by Gasteiger charge is 2.37. The maximum absolute atomic E-state index is 6.42. The van der Waals surface area contributed by atoms with E-state index in [0.717, 1.165) is 65.3 Å². The van der Waals surface area contributed by atoms with Gasteiger partial charge in [-0.1, -0.05) is 30.3 Å². The predicted octanol–water partition coefficient (Wildman–Crippen LogP) is 4.61. The highest BCUT2D eigenvalue weighted by molar-refractivity contribution is 6.11. The van der Waals surface area contributed by atoms with Gasteiger partial charge in [-0.05, 0) is 54.9 Å². The number of likely N-dealkylation sites (tertiary alicyclic amines) is 1. The van der Waals surface area contributed by atoms with Crippen molar-refractivity contribution in [2.75, 3.05) is 13.1 Å². The number of aliphatic imine (C=N–C) groups is 1. The number of nitrogens with zero attached hydrogens (tertiary/aromatic N) is 4. The lowest BCUT2D eigenvalue weighted by atomic mass is 9.96. The summed E-state index contributed by atoms with van der Waals surface area (Å²) in [7, 11) is 0. The van der Waals surface area contributed by atoms with E-state index in [1.54, 1.807) is 0 Å². The maximum atomic E-state index is 6.42. The summed E-state index contributed by atoms with van der Waals surface area (Å²) in [5.41, 5.74) is 14.1. The van der Waals surface area contributed by atoms with E-state index in [9.17, 15) is 0 Å². The van der Waals surface area contributed by atoms with Crippen molar-refractivity contribution in [1.29, 1.82) is 0 Å². The van der Waals surface area contributed by atoms with E-state index in [2.05, 4.69) is 67.8 Å². The number of fused-ring (bicyclic) bond motifs is 2. The van der Waals surface area contributed by atoms with Crippen molar-refractivity contribution >= 4 is 22.6 Å². The fourth-order valence-electron chi connectivity index (χ4n) is 5.63. The van der Waals surface area contributed by atoms with Crippen molar-refractivity contribution in [2.24, 2.45) is 10.7 Å². The molecule has 1 aliphatic carbocycles. The molecule has 4 N–H and O–H groups in total. The van der Waals surface area contributed by atoms with Gasteiger partial charge < -0.3 is 16.0 Å². The molecule has 2 atom stereocenters. The van der Waals surface area contributed by atoms with Crippen LogP contribution in [-0.2, 0) is 0 Å². The summed E-state index contributed by atoms with van der Waals surface area (Å²) in [6.45, 7) is 1.91. The van der Waals surface area contributed by atoms with Crippen LogP contribution in [0.5, 0.6) is 0 Å². The Labute approximate surface area is 204 Å². The van der Waals surface area contributed by atoms with Crippen molar-refractivity contribution < 1.29 is 0 Å². The summed E-state index contributed by atoms with van der Waals surface area (Å²) < 4.78 is 0. The zero-order valence-electron chi connectivity index (χ0n) is 19.6. The standard InChI is InChI=1S/C28H29N7/c29-19-7-4-12-35(16-19)28-25-22(17-8-9-17)14-30-15-24(25)33-27(34-28)20-10-11-31-26-21(20)13-23(32-26)18-5-2-1-3-6-18/h1-3,5-6,10-11,13-15,17,19,28H,4,7-9,12,16,29H2,(H,31,32)(H,33,34). The molecule has 176 valence electrons. The SMILES string of the molecule is NC1CCCN(C2NC(c3ccnc4[nH]c(-c5ccccc5)cc34)=Nc3cncc(C4CC4)c32)C1. The van der Waals surface area contributed by atoms with Crippen molar-refractivity contribution in [1.82, 2.24) is 25.2 Å². The van der Waals surface area contributed by atoms with E-state index in [1.807, 2.05) is 18.5 Å². The number of piperidine rings is 1. The second-order valence-corrected chi connectivity index (χ2v) is 10.0. The molecule has 7 nitrogen and oxygen atoms in total. The first-order valence-corrected chi connectivity index (χ1v) is 12.6. The number of aromatic nitrogens is 3. The Kier molecular flexibility index (Phi) is 4.92. The monoisotopic (exact) mass is 463 g/mol. The van der Waals surface area contributed by atoms with Crippen LogP contribution < -0.4 is 11.1 Å². The van der Waals surface area contributed by atoms with Crippen molar-refractivity contribution in [3.63, 3.8) is 0 Å². The van der Waals surface area contributed by atoms with Crippen LogP contribution in [0.3, 0.4) is 0 Å². The molecule has 2 fully saturated rings. The van der Waals surface area contributed by atoms with Crippen LogP contribution in [-0.4, -0.2) is 44.8 Å². The second kappa shape index (κ2) is 8.29. The molecular formula is C28H29N7. The van der Waals surface area contributed by atoms with Gasteiger partial charge in [-0.15, -0.1) is 0 Å². The first-order chi connectivity index (χ1) is 17.2. The number of H-pyrrole nitrogens is 1. The number of aromatic amines is 1. The number of hydrogen-bond acceptors (Lipinski definition) is 6. The quantitative estimate of drug-likeness (QED) is 0.411. The molecule has 7 heteroatoms. The van der Waals surface area contributed by atoms with Crippen LogP contribution in [0.4, 0.5) is 5.69 Å². The van der Waals surface area contributed by atoms with Gasteiger partial charge in [0.2, 0.25) is 0 Å². The minimum atomic E-state index is 0.0400. The smallest absolute Gasteiger partial charge is 0.138 e. The van der Waals surface area contributed by atoms with Gasteiger partial charge in [-0.2, -0.15) is 0 Å². The van der Waals surface area contributed by atoms with Gasteiger partial charge in [0, 0.05) is 53.7 Å². The van der Waals surface area contributed by atoms with Gasteiger partial charge >= 0.3 is 0 Å². The molecule has 1 saturated carbocycles. The minimum Gasteiger partial charge on any atom is -0.350 e. The van der Waals surface area contributed by atoms with Crippen LogP contribution in [0, 0.1) is 0 Å². The summed E-state index contributed by atoms with van der Waals surface area (Å²) in [5, 5.41) is 4.89. The van der Waals surface area contributed by atoms with Crippen molar-refractivity contribution in [3.8, 4) is 11.3 Å². The Morgan fingerprint density at radius 2 is 1.91 bits per heavy atom. The lowest BCUT2D eigenvalue weighted by Gasteiger charge is -2.41. The fourth-order valence-corrected chi connectivity index (χ4v) is 5.63. The molecule has 7 rings (SSSR count). The number of amidine groups is 1. The van der Waals surface area contributed by atoms with Gasteiger partial charge in [0.25, 0.3) is 0 Å². The van der Waals surface area contributed by atoms with Crippen molar-refractivity contribution in [3.05, 3.63) is 77.7 Å². The van der Waals surface area contributed by atoms with E-state index in [4.69, 9.17) is 10.7 Å². The lowest BCUT2D eigenvalue weighted by molar-refractivity contribution is 0.138. The molecule has 1 aromatic carbocycles. The number of pyridine rings is 2. The Hall–Kier alpha value is -3.55. The fraction of sp³-hybridized carbons (Fsp3) is 0.321. The van der Waals surface area contributed by atoms with Gasteiger partial charge in [0.05, 0.1) is 11.9 Å². The second-order valence-electron chi connectivity index (χ2n) is 10.0. The van der Waals surface area contributed by atoms with Crippen LogP contribution in [0.25, 0.3) is 22.3 Å². The zero-order valence-corrected chi connectivity index (χ0v) is 19.6. The molecule has 3 aliphatic rings. The third-order valence-corrected chi connectivity index (χ3v) is 7.52. The first-order valence-electron chi connectivity index (χ1n) is 12.6. The van der Waals surface area contributed by atoms with Gasteiger partial charge in [0.15, 0.2) is 0 Å². The molecule has 2 unspecified atom stereocenters. The molecule has 3 aromatic heterocycles. The normalized spacial score (nSPS) is 22.5. The minimum absolute atomic E-state index is 0.0400. The van der Waals surface area contributed by atoms with Gasteiger partial charge in [-0.3, -0.25) is 9.88 Å². The number of nitrogens with one attached hydrogen (secondary N) is 2. The summed E-state index contributed by atoms with van der Waals surface area (Å²) in [6, 6.07) is 14.8. The van der Waals surface area contributed by atoms with E-state index in [-0.39, 0.29) is 12.2 Å². The number of rotatable bonds is 4. The molecular weight excluding hydrogens is 434 g/mol. The van der Waals surface area contributed by atoms with E-state index >= 15 is 0 Å². The molecule has 2 aliphatic heterocycles. The Morgan fingerprint density at radius 1 is 1.03 bits per heavy atom. The zero-order chi connectivity index (χ0) is 23.4. The summed E-state index contributed by atoms with van der Waals surface area (Å²) in [4.78, 5) is 20.3. The van der Waals surface area contributed by atoms with Gasteiger partial charge in [-0.25, -0.2) is 9.98 Å². The lowest BCUT2D eigenvalue weighted by Crippen LogP contribution is -2.50. The Bertz CT molecular complexity index is 1420. The van der Waals surface area contributed by atoms with Gasteiger partial charge in [0.1, 0.15) is 17.6 Å². The average Bonchev–Trinajstić information content (AvgIpc) is 3.65. The van der Waals surface area contributed by atoms with Crippen molar-refractivity contribution in [2.45, 2.75) is 43.8 Å². The molecule has 4 aromatic rings. The highest BCUT2D eigenvalue weighted by atomic mass is 15.3. The third-order valence-electron chi connectivity index (χ3n) is 7.52. The molecule has 0 amide bonds. The summed E-state index contributed by atoms with van der Waals surface area (Å²) in [5.74, 6) is 1.46. The molecule has 5 heterocycles. The van der Waals surface area contributed by atoms with E-state index < -0.39 is 0 Å². The highest BCUT2D eigenvalue weighted by Crippen LogP contribution is 2.47. The van der Waals surface area contributed by atoms with E-state index in [0.29, 0.717) is 5.92 Å². The largest absolute Gasteiger partial charge is 0.350 e. The number of benzene rings is 1. The topological polar surface area (TPSA) is 95.2 Å². The average molecular weight is 464 g/mol. The third kappa shape index (κ3) is 3.72. The molecule has 0 bridgehead atoms. The van der Waals surface area contributed by atoms with Crippen LogP contribution in [0.1, 0.15) is 54.5 Å². The van der Waals surface area contributed by atoms with Crippen LogP contribution in [0.2, 0.25) is 0 Å². The molecule has 0 radical (unpaired) electrons. The summed E-state index contributed by atoms with van der Waals surface area (Å²) >= 11 is 0. The first kappa shape index (κ1) is 20.8. The molecule has 0 spiro atoms. The predicted molar refractivity (Wildman–Crippen MR) is 139 cm³/mol.